The van der Waals surface area contributed by atoms with E-state index in [9.17, 15) is 0 Å². The summed E-state index contributed by atoms with van der Waals surface area (Å²) in [6, 6.07) is 5.87. The lowest BCUT2D eigenvalue weighted by molar-refractivity contribution is 0.611. The van der Waals surface area contributed by atoms with Gasteiger partial charge in [0.25, 0.3) is 0 Å². The molecule has 0 fully saturated rings. The Morgan fingerprint density at radius 2 is 2.29 bits per heavy atom. The lowest BCUT2D eigenvalue weighted by Crippen LogP contribution is -1.96. The molecule has 1 atom stereocenters. The summed E-state index contributed by atoms with van der Waals surface area (Å²) < 4.78 is 0. The van der Waals surface area contributed by atoms with E-state index in [0.29, 0.717) is 11.5 Å². The Balaban J connectivity index is 2.63. The van der Waals surface area contributed by atoms with Crippen LogP contribution in [0.4, 0.5) is 0 Å². The van der Waals surface area contributed by atoms with E-state index < -0.39 is 0 Å². The minimum absolute atomic E-state index is 0.502. The number of nitrogens with zero attached hydrogens (tertiary/aromatic N) is 2. The fourth-order valence-corrected chi connectivity index (χ4v) is 1.42. The third-order valence-corrected chi connectivity index (χ3v) is 2.41. The maximum absolute atomic E-state index is 8.62. The molecule has 74 valence electrons. The Morgan fingerprint density at radius 1 is 1.50 bits per heavy atom. The number of rotatable bonds is 4. The summed E-state index contributed by atoms with van der Waals surface area (Å²) in [5.41, 5.74) is 1.73. The van der Waals surface area contributed by atoms with Crippen molar-refractivity contribution in [2.24, 2.45) is 0 Å². The molecule has 0 saturated carbocycles. The summed E-state index contributed by atoms with van der Waals surface area (Å²) in [6.45, 7) is 4.38. The van der Waals surface area contributed by atoms with Gasteiger partial charge in [-0.25, -0.2) is 0 Å². The molecule has 0 aliphatic rings. The van der Waals surface area contributed by atoms with Crippen molar-refractivity contribution < 1.29 is 0 Å². The van der Waals surface area contributed by atoms with Crippen molar-refractivity contribution in [3.05, 3.63) is 29.6 Å². The molecule has 0 N–H and O–H groups in total. The number of hydrogen-bond donors (Lipinski definition) is 0. The highest BCUT2D eigenvalue weighted by atomic mass is 14.7. The second kappa shape index (κ2) is 5.39. The average molecular weight is 188 g/mol. The maximum atomic E-state index is 8.62. The first-order chi connectivity index (χ1) is 6.77. The summed E-state index contributed by atoms with van der Waals surface area (Å²) in [7, 11) is 0. The van der Waals surface area contributed by atoms with E-state index in [4.69, 9.17) is 5.26 Å². The minimum atomic E-state index is 0.502. The quantitative estimate of drug-likeness (QED) is 0.727. The topological polar surface area (TPSA) is 36.7 Å². The van der Waals surface area contributed by atoms with Crippen LogP contribution in [0.15, 0.2) is 18.3 Å². The monoisotopic (exact) mass is 188 g/mol. The Morgan fingerprint density at radius 3 is 2.79 bits per heavy atom. The van der Waals surface area contributed by atoms with Crippen LogP contribution in [-0.4, -0.2) is 4.98 Å². The number of nitriles is 1. The number of hydrogen-bond acceptors (Lipinski definition) is 2. The number of unbranched alkanes of at least 4 members (excludes halogenated alkanes) is 1. The molecule has 1 unspecified atom stereocenters. The Labute approximate surface area is 85.6 Å². The van der Waals surface area contributed by atoms with Crippen LogP contribution in [0.25, 0.3) is 0 Å². The first-order valence-corrected chi connectivity index (χ1v) is 5.14. The third kappa shape index (κ3) is 2.85. The third-order valence-electron chi connectivity index (χ3n) is 2.41. The van der Waals surface area contributed by atoms with E-state index in [0.717, 1.165) is 5.69 Å². The molecule has 0 aliphatic heterocycles. The second-order valence-corrected chi connectivity index (χ2v) is 3.63. The van der Waals surface area contributed by atoms with Gasteiger partial charge in [0.05, 0.1) is 5.56 Å². The SMILES string of the molecule is CCCCC(C)c1ccc(C#N)cn1. The average Bonchev–Trinajstić information content (AvgIpc) is 2.26. The highest BCUT2D eigenvalue weighted by molar-refractivity contribution is 5.27. The van der Waals surface area contributed by atoms with E-state index in [1.54, 1.807) is 6.20 Å². The molecule has 0 saturated heterocycles. The van der Waals surface area contributed by atoms with Crippen LogP contribution in [0.1, 0.15) is 50.3 Å². The van der Waals surface area contributed by atoms with Crippen LogP contribution >= 0.6 is 0 Å². The largest absolute Gasteiger partial charge is 0.260 e. The molecule has 0 bridgehead atoms. The van der Waals surface area contributed by atoms with Crippen molar-refractivity contribution in [2.75, 3.05) is 0 Å². The van der Waals surface area contributed by atoms with Gasteiger partial charge in [-0.15, -0.1) is 0 Å². The molecule has 0 aliphatic carbocycles. The van der Waals surface area contributed by atoms with Crippen LogP contribution in [0, 0.1) is 11.3 Å². The van der Waals surface area contributed by atoms with Gasteiger partial charge in [0.15, 0.2) is 0 Å². The molecule has 14 heavy (non-hydrogen) atoms. The number of aromatic nitrogens is 1. The van der Waals surface area contributed by atoms with E-state index >= 15 is 0 Å². The van der Waals surface area contributed by atoms with E-state index in [2.05, 4.69) is 24.9 Å². The lowest BCUT2D eigenvalue weighted by atomic mass is 10.00. The zero-order valence-corrected chi connectivity index (χ0v) is 8.83. The molecule has 1 aromatic rings. The molecule has 0 aromatic carbocycles. The molecule has 2 heteroatoms. The van der Waals surface area contributed by atoms with Crippen molar-refractivity contribution in [1.82, 2.24) is 4.98 Å². The van der Waals surface area contributed by atoms with Crippen molar-refractivity contribution in [2.45, 2.75) is 39.0 Å². The minimum Gasteiger partial charge on any atom is -0.260 e. The van der Waals surface area contributed by atoms with Gasteiger partial charge in [-0.1, -0.05) is 26.7 Å². The zero-order chi connectivity index (χ0) is 10.4. The molecule has 2 nitrogen and oxygen atoms in total. The van der Waals surface area contributed by atoms with Gasteiger partial charge in [0.1, 0.15) is 6.07 Å². The standard InChI is InChI=1S/C12H16N2/c1-3-4-5-10(2)12-7-6-11(8-13)9-14-12/h6-7,9-10H,3-5H2,1-2H3. The van der Waals surface area contributed by atoms with Crippen molar-refractivity contribution in [1.29, 1.82) is 5.26 Å². The lowest BCUT2D eigenvalue weighted by Gasteiger charge is -2.09. The highest BCUT2D eigenvalue weighted by Crippen LogP contribution is 2.19. The van der Waals surface area contributed by atoms with Gasteiger partial charge in [-0.3, -0.25) is 4.98 Å². The van der Waals surface area contributed by atoms with Crippen LogP contribution in [0.5, 0.6) is 0 Å². The summed E-state index contributed by atoms with van der Waals surface area (Å²) in [6.07, 6.45) is 5.29. The van der Waals surface area contributed by atoms with Crippen LogP contribution in [-0.2, 0) is 0 Å². The summed E-state index contributed by atoms with van der Waals surface area (Å²) in [5.74, 6) is 0.502. The van der Waals surface area contributed by atoms with Gasteiger partial charge in [0, 0.05) is 11.9 Å². The van der Waals surface area contributed by atoms with Gasteiger partial charge < -0.3 is 0 Å². The fourth-order valence-electron chi connectivity index (χ4n) is 1.42. The molecule has 0 amide bonds. The van der Waals surface area contributed by atoms with Crippen molar-refractivity contribution in [3.63, 3.8) is 0 Å². The molecule has 0 spiro atoms. The summed E-state index contributed by atoms with van der Waals surface area (Å²) in [5, 5.41) is 8.62. The Kier molecular flexibility index (Phi) is 4.12. The maximum Gasteiger partial charge on any atom is 0.101 e. The predicted molar refractivity (Wildman–Crippen MR) is 56.9 cm³/mol. The van der Waals surface area contributed by atoms with E-state index in [1.807, 2.05) is 12.1 Å². The highest BCUT2D eigenvalue weighted by Gasteiger charge is 2.05. The molecule has 1 heterocycles. The zero-order valence-electron chi connectivity index (χ0n) is 8.83. The molecule has 1 rings (SSSR count). The fraction of sp³-hybridized carbons (Fsp3) is 0.500. The first-order valence-electron chi connectivity index (χ1n) is 5.14. The Bertz CT molecular complexity index is 308. The molecular weight excluding hydrogens is 172 g/mol. The van der Waals surface area contributed by atoms with Crippen LogP contribution in [0.2, 0.25) is 0 Å². The molecular formula is C12H16N2. The predicted octanol–water partition coefficient (Wildman–Crippen LogP) is 3.25. The van der Waals surface area contributed by atoms with Crippen molar-refractivity contribution in [3.8, 4) is 6.07 Å². The van der Waals surface area contributed by atoms with Gasteiger partial charge >= 0.3 is 0 Å². The van der Waals surface area contributed by atoms with E-state index in [-0.39, 0.29) is 0 Å². The summed E-state index contributed by atoms with van der Waals surface area (Å²) >= 11 is 0. The number of pyridine rings is 1. The van der Waals surface area contributed by atoms with Crippen molar-refractivity contribution >= 4 is 0 Å². The van der Waals surface area contributed by atoms with Gasteiger partial charge in [-0.05, 0) is 24.5 Å². The second-order valence-electron chi connectivity index (χ2n) is 3.63. The van der Waals surface area contributed by atoms with E-state index in [1.165, 1.54) is 19.3 Å². The molecule has 1 aromatic heterocycles. The smallest absolute Gasteiger partial charge is 0.101 e. The normalized spacial score (nSPS) is 12.1. The Hall–Kier alpha value is -1.36. The first kappa shape index (κ1) is 10.7. The van der Waals surface area contributed by atoms with Crippen LogP contribution < -0.4 is 0 Å². The van der Waals surface area contributed by atoms with Gasteiger partial charge in [-0.2, -0.15) is 5.26 Å². The van der Waals surface area contributed by atoms with Gasteiger partial charge in [0.2, 0.25) is 0 Å². The summed E-state index contributed by atoms with van der Waals surface area (Å²) in [4.78, 5) is 4.28. The van der Waals surface area contributed by atoms with Crippen LogP contribution in [0.3, 0.4) is 0 Å². The molecule has 0 radical (unpaired) electrons.